The second-order valence-electron chi connectivity index (χ2n) is 15.8. The number of primary sulfonamides is 1. The van der Waals surface area contributed by atoms with Gasteiger partial charge in [0.15, 0.2) is 11.6 Å². The van der Waals surface area contributed by atoms with E-state index in [0.717, 1.165) is 50.6 Å². The molecule has 0 bridgehead atoms. The molecule has 72 heavy (non-hydrogen) atoms. The number of hydrogen-bond acceptors (Lipinski definition) is 15. The number of nitrogens with one attached hydrogen (secondary N) is 3. The van der Waals surface area contributed by atoms with Gasteiger partial charge in [0, 0.05) is 48.3 Å². The Bertz CT molecular complexity index is 3850. The third-order valence-corrected chi connectivity index (χ3v) is 14.4. The van der Waals surface area contributed by atoms with Crippen LogP contribution in [0.15, 0.2) is 193 Å². The molecule has 0 aliphatic carbocycles. The van der Waals surface area contributed by atoms with Gasteiger partial charge in [-0.25, -0.2) is 46.5 Å². The first-order chi connectivity index (χ1) is 34.7. The van der Waals surface area contributed by atoms with Crippen molar-refractivity contribution in [1.29, 1.82) is 0 Å². The number of sulfonamides is 2. The summed E-state index contributed by atoms with van der Waals surface area (Å²) in [6.45, 7) is 0.819. The molecule has 6 heterocycles. The summed E-state index contributed by atoms with van der Waals surface area (Å²) in [4.78, 5) is 53.2. The molecule has 10 aromatic rings. The van der Waals surface area contributed by atoms with E-state index < -0.39 is 32.7 Å². The summed E-state index contributed by atoms with van der Waals surface area (Å²) in [5.41, 5.74) is 7.50. The van der Waals surface area contributed by atoms with Crippen molar-refractivity contribution in [2.24, 2.45) is 5.14 Å². The molecule has 0 radical (unpaired) electrons. The minimum absolute atomic E-state index is 0.102. The SMILES string of the molecule is NS(=O)(=O)c1cncc(-c2nc(NCc3ccccn3)c3c(-c4ccccc4)cccc3n2)c1.O=P(O)(O)NS(=O)(=O)c1cncc(-c2nc(NCc3ccccn3)c3c(-c4ccccc4)cccc3n2)c1. The molecular weight excluding hydrogens is 976 g/mol. The molecule has 0 saturated heterocycles. The summed E-state index contributed by atoms with van der Waals surface area (Å²) >= 11 is 0. The predicted octanol–water partition coefficient (Wildman–Crippen LogP) is 7.75. The van der Waals surface area contributed by atoms with Gasteiger partial charge in [-0.05, 0) is 70.8 Å². The topological polar surface area (TPSA) is 291 Å². The summed E-state index contributed by atoms with van der Waals surface area (Å²) < 4.78 is 61.2. The maximum atomic E-state index is 12.5. The van der Waals surface area contributed by atoms with E-state index in [9.17, 15) is 21.4 Å². The van der Waals surface area contributed by atoms with Crippen molar-refractivity contribution in [3.8, 4) is 45.0 Å². The highest BCUT2D eigenvalue weighted by atomic mass is 32.2. The van der Waals surface area contributed by atoms with E-state index in [4.69, 9.17) is 29.9 Å². The van der Waals surface area contributed by atoms with Crippen molar-refractivity contribution < 1.29 is 31.2 Å². The Kier molecular flexibility index (Phi) is 14.2. The van der Waals surface area contributed by atoms with Crippen molar-refractivity contribution in [2.75, 3.05) is 10.6 Å². The Hall–Kier alpha value is -8.27. The molecule has 0 aliphatic heterocycles. The largest absolute Gasteiger partial charge is 0.414 e. The lowest BCUT2D eigenvalue weighted by molar-refractivity contribution is 0.368. The second kappa shape index (κ2) is 21.0. The van der Waals surface area contributed by atoms with Gasteiger partial charge in [0.05, 0.1) is 46.3 Å². The zero-order chi connectivity index (χ0) is 50.3. The van der Waals surface area contributed by atoms with Crippen LogP contribution in [0.2, 0.25) is 0 Å². The zero-order valence-electron chi connectivity index (χ0n) is 37.6. The molecule has 22 heteroatoms. The van der Waals surface area contributed by atoms with Gasteiger partial charge in [-0.1, -0.05) is 97.1 Å². The van der Waals surface area contributed by atoms with Gasteiger partial charge >= 0.3 is 7.75 Å². The van der Waals surface area contributed by atoms with E-state index in [-0.39, 0.29) is 16.3 Å². The fraction of sp³-hybridized carbons (Fsp3) is 0.0400. The average molecular weight is 1020 g/mol. The molecule has 7 N–H and O–H groups in total. The first-order valence-electron chi connectivity index (χ1n) is 21.7. The van der Waals surface area contributed by atoms with Crippen molar-refractivity contribution in [3.63, 3.8) is 0 Å². The third-order valence-electron chi connectivity index (χ3n) is 10.8. The van der Waals surface area contributed by atoms with Crippen LogP contribution in [-0.2, 0) is 37.7 Å². The Morgan fingerprint density at radius 3 is 1.38 bits per heavy atom. The van der Waals surface area contributed by atoms with Gasteiger partial charge in [0.25, 0.3) is 10.0 Å². The number of fused-ring (bicyclic) bond motifs is 2. The fourth-order valence-electron chi connectivity index (χ4n) is 7.54. The number of hydrogen-bond donors (Lipinski definition) is 6. The van der Waals surface area contributed by atoms with E-state index >= 15 is 0 Å². The van der Waals surface area contributed by atoms with Gasteiger partial charge in [-0.2, -0.15) is 0 Å². The molecule has 360 valence electrons. The fourth-order valence-corrected chi connectivity index (χ4v) is 10.2. The van der Waals surface area contributed by atoms with E-state index in [1.165, 1.54) is 35.2 Å². The molecule has 19 nitrogen and oxygen atoms in total. The molecular formula is C50H41N12O7PS2. The number of benzene rings is 4. The van der Waals surface area contributed by atoms with Crippen LogP contribution in [0.1, 0.15) is 11.4 Å². The van der Waals surface area contributed by atoms with Gasteiger partial charge in [-0.3, -0.25) is 19.9 Å². The highest BCUT2D eigenvalue weighted by Gasteiger charge is 2.26. The van der Waals surface area contributed by atoms with Crippen LogP contribution in [0.5, 0.6) is 0 Å². The summed E-state index contributed by atoms with van der Waals surface area (Å²) in [6, 6.07) is 45.2. The van der Waals surface area contributed by atoms with Crippen LogP contribution in [0.4, 0.5) is 11.6 Å². The predicted molar refractivity (Wildman–Crippen MR) is 273 cm³/mol. The molecule has 0 unspecified atom stereocenters. The second-order valence-corrected chi connectivity index (χ2v) is 20.6. The lowest BCUT2D eigenvalue weighted by Crippen LogP contribution is -2.20. The summed E-state index contributed by atoms with van der Waals surface area (Å²) in [5.74, 6) is 1.61. The van der Waals surface area contributed by atoms with Crippen LogP contribution >= 0.6 is 7.75 Å². The number of nitrogens with two attached hydrogens (primary N) is 1. The van der Waals surface area contributed by atoms with Crippen molar-refractivity contribution in [2.45, 2.75) is 22.9 Å². The van der Waals surface area contributed by atoms with Crippen LogP contribution in [0.3, 0.4) is 0 Å². The molecule has 0 saturated carbocycles. The number of nitrogens with zero attached hydrogens (tertiary/aromatic N) is 8. The molecule has 0 spiro atoms. The molecule has 0 atom stereocenters. The van der Waals surface area contributed by atoms with E-state index in [2.05, 4.69) is 35.6 Å². The molecule has 4 aromatic carbocycles. The quantitative estimate of drug-likeness (QED) is 0.0567. The van der Waals surface area contributed by atoms with Crippen molar-refractivity contribution >= 4 is 61.2 Å². The maximum absolute atomic E-state index is 12.5. The molecule has 0 fully saturated rings. The number of anilines is 2. The first-order valence-corrected chi connectivity index (χ1v) is 26.4. The van der Waals surface area contributed by atoms with Gasteiger partial charge in [0.2, 0.25) is 10.0 Å². The van der Waals surface area contributed by atoms with Crippen LogP contribution in [-0.4, -0.2) is 66.5 Å². The van der Waals surface area contributed by atoms with E-state index in [1.54, 1.807) is 12.4 Å². The normalized spacial score (nSPS) is 11.7. The van der Waals surface area contributed by atoms with Gasteiger partial charge < -0.3 is 20.4 Å². The number of rotatable bonds is 14. The Morgan fingerprint density at radius 2 is 0.944 bits per heavy atom. The van der Waals surface area contributed by atoms with E-state index in [0.29, 0.717) is 47.1 Å². The minimum Gasteiger partial charge on any atom is -0.364 e. The van der Waals surface area contributed by atoms with Crippen LogP contribution in [0, 0.1) is 0 Å². The van der Waals surface area contributed by atoms with Crippen LogP contribution in [0.25, 0.3) is 66.8 Å². The Morgan fingerprint density at radius 1 is 0.500 bits per heavy atom. The van der Waals surface area contributed by atoms with Crippen molar-refractivity contribution in [1.82, 2.24) is 44.4 Å². The maximum Gasteiger partial charge on any atom is 0.414 e. The minimum atomic E-state index is -5.07. The third kappa shape index (κ3) is 11.7. The Labute approximate surface area is 412 Å². The monoisotopic (exact) mass is 1020 g/mol. The number of pyridine rings is 4. The van der Waals surface area contributed by atoms with Gasteiger partial charge in [0.1, 0.15) is 21.4 Å². The summed E-state index contributed by atoms with van der Waals surface area (Å²) in [7, 11) is -13.5. The van der Waals surface area contributed by atoms with E-state index in [1.807, 2.05) is 133 Å². The average Bonchev–Trinajstić information content (AvgIpc) is 3.39. The molecule has 10 rings (SSSR count). The number of aromatic nitrogens is 8. The molecule has 0 amide bonds. The van der Waals surface area contributed by atoms with Crippen molar-refractivity contribution in [3.05, 3.63) is 194 Å². The highest BCUT2D eigenvalue weighted by Crippen LogP contribution is 2.37. The molecule has 6 aromatic heterocycles. The summed E-state index contributed by atoms with van der Waals surface area (Å²) in [6.07, 6.45) is 8.50. The lowest BCUT2D eigenvalue weighted by atomic mass is 10.0. The lowest BCUT2D eigenvalue weighted by Gasteiger charge is -2.15. The van der Waals surface area contributed by atoms with Crippen LogP contribution < -0.4 is 20.3 Å². The highest BCUT2D eigenvalue weighted by molar-refractivity contribution is 7.94. The van der Waals surface area contributed by atoms with Gasteiger partial charge in [-0.15, -0.1) is 4.49 Å². The first kappa shape index (κ1) is 48.7. The Balaban J connectivity index is 0.000000179. The smallest absolute Gasteiger partial charge is 0.364 e. The zero-order valence-corrected chi connectivity index (χ0v) is 40.1. The summed E-state index contributed by atoms with van der Waals surface area (Å²) in [5, 5.41) is 13.6. The molecule has 0 aliphatic rings. The standard InChI is InChI=1S/C25H21N6O5PS.C25H20N6O2S/c32-37(33,34)31-38(35,36)20-13-18(14-26-16-20)24-29-22-11-6-10-21(17-7-2-1-3-8-17)23(22)25(30-24)28-15-19-9-4-5-12-27-19;26-34(32,33)20-13-18(14-27-16-20)24-30-22-11-6-10-21(17-7-2-1-3-8-17)23(22)25(31-24)29-15-19-9-4-5-12-28-19/h1-14,16H,15H2,(H,28,29,30)(H3,31,32,33,34);1-14,16H,15H2,(H2,26,32,33)(H,29,30,31).